The van der Waals surface area contributed by atoms with Crippen molar-refractivity contribution < 1.29 is 23.7 Å². The Kier molecular flexibility index (Phi) is 9.19. The molecule has 0 bridgehead atoms. The van der Waals surface area contributed by atoms with E-state index in [2.05, 4.69) is 34.4 Å². The van der Waals surface area contributed by atoms with E-state index < -0.39 is 0 Å². The van der Waals surface area contributed by atoms with Gasteiger partial charge in [-0.05, 0) is 98.8 Å². The minimum Gasteiger partial charge on any atom is -0.489 e. The fourth-order valence-electron chi connectivity index (χ4n) is 5.57. The number of amides is 2. The van der Waals surface area contributed by atoms with Gasteiger partial charge in [-0.1, -0.05) is 25.4 Å². The quantitative estimate of drug-likeness (QED) is 0.180. The number of aromatic nitrogens is 1. The van der Waals surface area contributed by atoms with E-state index in [4.69, 9.17) is 30.5 Å². The van der Waals surface area contributed by atoms with Crippen LogP contribution in [0.3, 0.4) is 0 Å². The van der Waals surface area contributed by atoms with Crippen LogP contribution in [0.15, 0.2) is 60.8 Å². The lowest BCUT2D eigenvalue weighted by Gasteiger charge is -2.36. The van der Waals surface area contributed by atoms with Crippen LogP contribution in [0.25, 0.3) is 10.9 Å². The summed E-state index contributed by atoms with van der Waals surface area (Å²) < 4.78 is 24.7. The fraction of sp³-hybridized carbons (Fsp3) is 0.371. The van der Waals surface area contributed by atoms with Gasteiger partial charge in [-0.15, -0.1) is 0 Å². The van der Waals surface area contributed by atoms with Crippen LogP contribution in [0.2, 0.25) is 5.02 Å². The first kappa shape index (κ1) is 30.8. The number of ether oxygens (including phenoxy) is 4. The number of piperidine rings is 1. The molecule has 3 heterocycles. The van der Waals surface area contributed by atoms with Crippen LogP contribution in [0, 0.1) is 12.3 Å². The zero-order valence-electron chi connectivity index (χ0n) is 26.0. The third kappa shape index (κ3) is 7.54. The van der Waals surface area contributed by atoms with Gasteiger partial charge in [0.05, 0.1) is 17.5 Å². The molecule has 1 aromatic heterocycles. The summed E-state index contributed by atoms with van der Waals surface area (Å²) in [5.74, 6) is 2.95. The second-order valence-corrected chi connectivity index (χ2v) is 12.7. The van der Waals surface area contributed by atoms with Gasteiger partial charge in [0.15, 0.2) is 11.5 Å². The normalized spacial score (nSPS) is 15.8. The van der Waals surface area contributed by atoms with Crippen molar-refractivity contribution >= 4 is 39.9 Å². The lowest BCUT2D eigenvalue weighted by molar-refractivity contribution is 0.124. The van der Waals surface area contributed by atoms with Gasteiger partial charge >= 0.3 is 6.03 Å². The number of nitrogens with one attached hydrogen (secondary N) is 2. The molecular formula is C35H39ClN4O5. The molecule has 0 aliphatic carbocycles. The lowest BCUT2D eigenvalue weighted by atomic mass is 9.83. The first-order chi connectivity index (χ1) is 21.7. The van der Waals surface area contributed by atoms with Crippen molar-refractivity contribution in [2.75, 3.05) is 50.1 Å². The van der Waals surface area contributed by atoms with Crippen LogP contribution in [0.5, 0.6) is 28.7 Å². The summed E-state index contributed by atoms with van der Waals surface area (Å²) in [7, 11) is 0. The summed E-state index contributed by atoms with van der Waals surface area (Å²) in [5.41, 5.74) is 3.29. The average Bonchev–Trinajstić information content (AvgIpc) is 3.02. The highest BCUT2D eigenvalue weighted by atomic mass is 35.5. The van der Waals surface area contributed by atoms with Gasteiger partial charge in [-0.2, -0.15) is 0 Å². The maximum Gasteiger partial charge on any atom is 0.323 e. The van der Waals surface area contributed by atoms with E-state index in [0.717, 1.165) is 37.0 Å². The van der Waals surface area contributed by atoms with Gasteiger partial charge < -0.3 is 34.5 Å². The Morgan fingerprint density at radius 1 is 0.956 bits per heavy atom. The molecule has 2 aliphatic heterocycles. The van der Waals surface area contributed by atoms with Crippen molar-refractivity contribution in [1.82, 2.24) is 9.88 Å². The van der Waals surface area contributed by atoms with Gasteiger partial charge in [-0.25, -0.2) is 4.79 Å². The SMILES string of the molecule is Cc1cc(NC(=O)Nc2ccc(Oc3ccnc4cc(OCCCN5CCC(C)(C)CC5)c5c(c34)OCCO5)cc2)ccc1Cl. The van der Waals surface area contributed by atoms with E-state index in [-0.39, 0.29) is 6.03 Å². The summed E-state index contributed by atoms with van der Waals surface area (Å²) in [5, 5.41) is 7.01. The summed E-state index contributed by atoms with van der Waals surface area (Å²) in [6, 6.07) is 15.8. The van der Waals surface area contributed by atoms with Crippen molar-refractivity contribution in [3.8, 4) is 28.7 Å². The number of carbonyl (C=O) groups is 1. The van der Waals surface area contributed by atoms with Gasteiger partial charge in [0.25, 0.3) is 0 Å². The van der Waals surface area contributed by atoms with Gasteiger partial charge in [0, 0.05) is 35.2 Å². The van der Waals surface area contributed by atoms with Crippen LogP contribution >= 0.6 is 11.6 Å². The van der Waals surface area contributed by atoms with Crippen molar-refractivity contribution in [3.05, 3.63) is 71.4 Å². The molecule has 9 nitrogen and oxygen atoms in total. The van der Waals surface area contributed by atoms with E-state index in [0.29, 0.717) is 75.9 Å². The Hall–Kier alpha value is -4.21. The number of rotatable bonds is 9. The first-order valence-electron chi connectivity index (χ1n) is 15.4. The monoisotopic (exact) mass is 630 g/mol. The summed E-state index contributed by atoms with van der Waals surface area (Å²) in [6.45, 7) is 11.3. The number of urea groups is 1. The second-order valence-electron chi connectivity index (χ2n) is 12.3. The zero-order chi connectivity index (χ0) is 31.4. The number of hydrogen-bond acceptors (Lipinski definition) is 7. The smallest absolute Gasteiger partial charge is 0.323 e. The number of aryl methyl sites for hydroxylation is 1. The number of carbonyl (C=O) groups excluding carboxylic acids is 1. The van der Waals surface area contributed by atoms with E-state index in [1.54, 1.807) is 48.7 Å². The van der Waals surface area contributed by atoms with Crippen LogP contribution in [0.4, 0.5) is 16.2 Å². The largest absolute Gasteiger partial charge is 0.489 e. The molecule has 0 unspecified atom stereocenters. The van der Waals surface area contributed by atoms with Gasteiger partial charge in [0.1, 0.15) is 24.7 Å². The van der Waals surface area contributed by atoms with Crippen molar-refractivity contribution in [2.45, 2.75) is 40.0 Å². The summed E-state index contributed by atoms with van der Waals surface area (Å²) in [6.07, 6.45) is 5.10. The molecule has 2 amide bonds. The maximum atomic E-state index is 12.5. The molecule has 4 aromatic rings. The van der Waals surface area contributed by atoms with Gasteiger partial charge in [-0.3, -0.25) is 4.98 Å². The number of benzene rings is 3. The molecule has 1 fully saturated rings. The predicted octanol–water partition coefficient (Wildman–Crippen LogP) is 8.30. The number of nitrogens with zero attached hydrogens (tertiary/aromatic N) is 2. The van der Waals surface area contributed by atoms with Crippen LogP contribution in [-0.4, -0.2) is 55.4 Å². The third-order valence-electron chi connectivity index (χ3n) is 8.28. The highest BCUT2D eigenvalue weighted by Crippen LogP contribution is 2.48. The topological polar surface area (TPSA) is 94.2 Å². The van der Waals surface area contributed by atoms with Gasteiger partial charge in [0.2, 0.25) is 5.75 Å². The van der Waals surface area contributed by atoms with E-state index in [9.17, 15) is 4.79 Å². The maximum absolute atomic E-state index is 12.5. The van der Waals surface area contributed by atoms with Crippen LogP contribution in [-0.2, 0) is 0 Å². The van der Waals surface area contributed by atoms with Crippen molar-refractivity contribution in [2.24, 2.45) is 5.41 Å². The molecule has 0 radical (unpaired) electrons. The molecule has 0 atom stereocenters. The van der Waals surface area contributed by atoms with E-state index >= 15 is 0 Å². The number of pyridine rings is 1. The Morgan fingerprint density at radius 3 is 2.42 bits per heavy atom. The molecular weight excluding hydrogens is 592 g/mol. The average molecular weight is 631 g/mol. The molecule has 236 valence electrons. The zero-order valence-corrected chi connectivity index (χ0v) is 26.7. The molecule has 2 aliphatic rings. The first-order valence-corrected chi connectivity index (χ1v) is 15.8. The highest BCUT2D eigenvalue weighted by Gasteiger charge is 2.26. The standard InChI is InChI=1S/C35H39ClN4O5/c1-23-21-25(7-10-27(23)36)39-34(41)38-24-5-8-26(9-6-24)45-29-11-14-37-28-22-30(32-33(31(28)29)44-20-19-43-32)42-18-4-15-40-16-12-35(2,3)13-17-40/h5-11,14,21-22H,4,12-13,15-20H2,1-3H3,(H2,38,39,41). The summed E-state index contributed by atoms with van der Waals surface area (Å²) in [4.78, 5) is 19.6. The molecule has 6 rings (SSSR count). The van der Waals surface area contributed by atoms with Crippen LogP contribution in [0.1, 0.15) is 38.7 Å². The molecule has 0 saturated carbocycles. The second kappa shape index (κ2) is 13.4. The van der Waals surface area contributed by atoms with Crippen molar-refractivity contribution in [3.63, 3.8) is 0 Å². The van der Waals surface area contributed by atoms with E-state index in [1.807, 2.05) is 19.1 Å². The number of fused-ring (bicyclic) bond motifs is 3. The molecule has 1 saturated heterocycles. The highest BCUT2D eigenvalue weighted by molar-refractivity contribution is 6.31. The minimum absolute atomic E-state index is 0.358. The van der Waals surface area contributed by atoms with Crippen LogP contribution < -0.4 is 29.6 Å². The fourth-order valence-corrected chi connectivity index (χ4v) is 5.69. The Balaban J connectivity index is 1.11. The molecule has 2 N–H and O–H groups in total. The molecule has 45 heavy (non-hydrogen) atoms. The third-order valence-corrected chi connectivity index (χ3v) is 8.71. The van der Waals surface area contributed by atoms with Crippen molar-refractivity contribution in [1.29, 1.82) is 0 Å². The number of hydrogen-bond donors (Lipinski definition) is 2. The lowest BCUT2D eigenvalue weighted by Crippen LogP contribution is -2.38. The molecule has 0 spiro atoms. The molecule has 3 aromatic carbocycles. The molecule has 10 heteroatoms. The summed E-state index contributed by atoms with van der Waals surface area (Å²) >= 11 is 6.08. The number of likely N-dealkylation sites (tertiary alicyclic amines) is 1. The Morgan fingerprint density at radius 2 is 1.67 bits per heavy atom. The predicted molar refractivity (Wildman–Crippen MR) is 178 cm³/mol. The van der Waals surface area contributed by atoms with E-state index in [1.165, 1.54) is 12.8 Å². The number of halogens is 1. The Bertz CT molecular complexity index is 1670. The Labute approximate surface area is 268 Å². The minimum atomic E-state index is -0.358. The number of anilines is 2.